The minimum Gasteiger partial charge on any atom is -0.420 e. The maximum Gasteiger partial charge on any atom is 0.193 e. The van der Waals surface area contributed by atoms with E-state index in [1.54, 1.807) is 19.3 Å². The van der Waals surface area contributed by atoms with Crippen LogP contribution >= 0.6 is 0 Å². The van der Waals surface area contributed by atoms with E-state index < -0.39 is 8.32 Å². The third-order valence-corrected chi connectivity index (χ3v) is 3.81. The van der Waals surface area contributed by atoms with E-state index in [9.17, 15) is 4.79 Å². The zero-order valence-electron chi connectivity index (χ0n) is 7.68. The Balaban J connectivity index is 3.93. The van der Waals surface area contributed by atoms with Crippen molar-refractivity contribution < 1.29 is 9.22 Å². The van der Waals surface area contributed by atoms with Crippen molar-refractivity contribution in [1.29, 1.82) is 0 Å². The minimum absolute atomic E-state index is 0.172. The molecule has 0 heterocycles. The van der Waals surface area contributed by atoms with Crippen LogP contribution in [-0.4, -0.2) is 21.2 Å². The van der Waals surface area contributed by atoms with Gasteiger partial charge in [0.15, 0.2) is 14.1 Å². The molecule has 0 aliphatic heterocycles. The predicted octanol–water partition coefficient (Wildman–Crippen LogP) is 1.98. The highest BCUT2D eigenvalue weighted by Crippen LogP contribution is 2.09. The zero-order valence-corrected chi connectivity index (χ0v) is 8.68. The van der Waals surface area contributed by atoms with Crippen molar-refractivity contribution in [3.05, 3.63) is 12.2 Å². The van der Waals surface area contributed by atoms with Gasteiger partial charge >= 0.3 is 0 Å². The lowest BCUT2D eigenvalue weighted by Gasteiger charge is -2.17. The second kappa shape index (κ2) is 4.46. The third-order valence-electron chi connectivity index (χ3n) is 1.51. The van der Waals surface area contributed by atoms with E-state index >= 15 is 0 Å². The molecule has 0 aliphatic carbocycles. The fraction of sp³-hybridized carbons (Fsp3) is 0.625. The molecule has 0 aromatic carbocycles. The monoisotopic (exact) mass is 172 g/mol. The van der Waals surface area contributed by atoms with E-state index in [0.717, 1.165) is 0 Å². The highest BCUT2D eigenvalue weighted by molar-refractivity contribution is 6.74. The van der Waals surface area contributed by atoms with Crippen LogP contribution in [0.25, 0.3) is 0 Å². The van der Waals surface area contributed by atoms with Gasteiger partial charge in [-0.1, -0.05) is 6.08 Å². The van der Waals surface area contributed by atoms with Gasteiger partial charge in [0.25, 0.3) is 0 Å². The fourth-order valence-electron chi connectivity index (χ4n) is 0.737. The van der Waals surface area contributed by atoms with Gasteiger partial charge in [-0.15, -0.1) is 0 Å². The maximum atomic E-state index is 11.1. The summed E-state index contributed by atoms with van der Waals surface area (Å²) in [6.45, 7) is 5.92. The van der Waals surface area contributed by atoms with Crippen molar-refractivity contribution in [2.24, 2.45) is 0 Å². The van der Waals surface area contributed by atoms with Gasteiger partial charge in [0.2, 0.25) is 0 Å². The lowest BCUT2D eigenvalue weighted by atomic mass is 10.4. The molecule has 0 bridgehead atoms. The summed E-state index contributed by atoms with van der Waals surface area (Å²) in [4.78, 5) is 11.1. The van der Waals surface area contributed by atoms with Crippen molar-refractivity contribution in [2.75, 3.05) is 7.11 Å². The third kappa shape index (κ3) is 4.92. The Morgan fingerprint density at radius 3 is 2.45 bits per heavy atom. The molecule has 0 radical (unpaired) electrons. The van der Waals surface area contributed by atoms with Crippen molar-refractivity contribution >= 4 is 14.1 Å². The van der Waals surface area contributed by atoms with Crippen LogP contribution in [-0.2, 0) is 9.22 Å². The normalized spacial score (nSPS) is 12.4. The average Bonchev–Trinajstić information content (AvgIpc) is 1.87. The van der Waals surface area contributed by atoms with Crippen LogP contribution in [0.5, 0.6) is 0 Å². The number of carbonyl (C=O) groups excluding carboxylic acids is 1. The molecule has 0 saturated heterocycles. The zero-order chi connectivity index (χ0) is 8.91. The van der Waals surface area contributed by atoms with Crippen molar-refractivity contribution in [3.63, 3.8) is 0 Å². The smallest absolute Gasteiger partial charge is 0.193 e. The largest absolute Gasteiger partial charge is 0.420 e. The lowest BCUT2D eigenvalue weighted by Crippen LogP contribution is -2.30. The molecule has 64 valence electrons. The summed E-state index contributed by atoms with van der Waals surface area (Å²) in [6.07, 6.45) is 3.37. The van der Waals surface area contributed by atoms with Gasteiger partial charge in [0.1, 0.15) is 0 Å². The SMILES string of the molecule is CC=CC(=O)C[Si](C)(C)OC. The van der Waals surface area contributed by atoms with Crippen LogP contribution in [0, 0.1) is 0 Å². The Morgan fingerprint density at radius 1 is 1.55 bits per heavy atom. The molecular weight excluding hydrogens is 156 g/mol. The first-order valence-electron chi connectivity index (χ1n) is 3.72. The molecule has 11 heavy (non-hydrogen) atoms. The summed E-state index contributed by atoms with van der Waals surface area (Å²) in [5, 5.41) is 0. The standard InChI is InChI=1S/C8H16O2Si/c1-5-6-8(9)7-11(3,4)10-2/h5-6H,7H2,1-4H3. The van der Waals surface area contributed by atoms with Gasteiger partial charge in [0, 0.05) is 13.2 Å². The van der Waals surface area contributed by atoms with E-state index in [4.69, 9.17) is 4.43 Å². The van der Waals surface area contributed by atoms with Crippen LogP contribution in [0.2, 0.25) is 19.1 Å². The lowest BCUT2D eigenvalue weighted by molar-refractivity contribution is -0.112. The molecule has 2 nitrogen and oxygen atoms in total. The summed E-state index contributed by atoms with van der Waals surface area (Å²) in [7, 11) is -0.00262. The molecule has 3 heteroatoms. The number of ketones is 1. The highest BCUT2D eigenvalue weighted by Gasteiger charge is 2.22. The minimum atomic E-state index is -1.68. The molecule has 0 saturated carbocycles. The fourth-order valence-corrected chi connectivity index (χ4v) is 1.84. The second-order valence-electron chi connectivity index (χ2n) is 3.11. The Labute approximate surface area is 69.4 Å². The molecule has 0 fully saturated rings. The van der Waals surface area contributed by atoms with Gasteiger partial charge in [-0.2, -0.15) is 0 Å². The molecular formula is C8H16O2Si. The van der Waals surface area contributed by atoms with Crippen LogP contribution in [0.3, 0.4) is 0 Å². The van der Waals surface area contributed by atoms with Crippen LogP contribution < -0.4 is 0 Å². The van der Waals surface area contributed by atoms with Crippen molar-refractivity contribution in [3.8, 4) is 0 Å². The quantitative estimate of drug-likeness (QED) is 0.479. The Morgan fingerprint density at radius 2 is 2.09 bits per heavy atom. The molecule has 0 spiro atoms. The first-order chi connectivity index (χ1) is 5.02. The predicted molar refractivity (Wildman–Crippen MR) is 49.1 cm³/mol. The Hall–Kier alpha value is -0.413. The summed E-state index contributed by atoms with van der Waals surface area (Å²) in [5.74, 6) is 0.172. The molecule has 0 aromatic heterocycles. The highest BCUT2D eigenvalue weighted by atomic mass is 28.4. The molecule has 0 atom stereocenters. The van der Waals surface area contributed by atoms with E-state index in [-0.39, 0.29) is 5.78 Å². The summed E-state index contributed by atoms with van der Waals surface area (Å²) < 4.78 is 5.24. The van der Waals surface area contributed by atoms with Gasteiger partial charge in [0.05, 0.1) is 0 Å². The first-order valence-corrected chi connectivity index (χ1v) is 6.84. The second-order valence-corrected chi connectivity index (χ2v) is 7.39. The number of hydrogen-bond donors (Lipinski definition) is 0. The summed E-state index contributed by atoms with van der Waals surface area (Å²) in [5.41, 5.74) is 0. The summed E-state index contributed by atoms with van der Waals surface area (Å²) >= 11 is 0. The van der Waals surface area contributed by atoms with Gasteiger partial charge in [-0.25, -0.2) is 0 Å². The van der Waals surface area contributed by atoms with Gasteiger partial charge in [-0.3, -0.25) is 4.79 Å². The van der Waals surface area contributed by atoms with E-state index in [1.807, 2.05) is 20.0 Å². The first kappa shape index (κ1) is 10.6. The number of allylic oxidation sites excluding steroid dienone is 2. The molecule has 0 aromatic rings. The van der Waals surface area contributed by atoms with Crippen molar-refractivity contribution in [2.45, 2.75) is 26.1 Å². The molecule has 0 N–H and O–H groups in total. The summed E-state index contributed by atoms with van der Waals surface area (Å²) in [6, 6.07) is 0.577. The number of hydrogen-bond acceptors (Lipinski definition) is 2. The number of carbonyl (C=O) groups is 1. The number of rotatable bonds is 4. The Bertz CT molecular complexity index is 161. The average molecular weight is 172 g/mol. The topological polar surface area (TPSA) is 26.3 Å². The molecule has 0 amide bonds. The van der Waals surface area contributed by atoms with Crippen LogP contribution in [0.15, 0.2) is 12.2 Å². The molecule has 0 rings (SSSR count). The van der Waals surface area contributed by atoms with Crippen LogP contribution in [0.1, 0.15) is 6.92 Å². The van der Waals surface area contributed by atoms with E-state index in [1.165, 1.54) is 0 Å². The van der Waals surface area contributed by atoms with Gasteiger partial charge in [-0.05, 0) is 26.1 Å². The Kier molecular flexibility index (Phi) is 4.29. The molecule has 0 unspecified atom stereocenters. The van der Waals surface area contributed by atoms with Crippen molar-refractivity contribution in [1.82, 2.24) is 0 Å². The van der Waals surface area contributed by atoms with Gasteiger partial charge < -0.3 is 4.43 Å². The maximum absolute atomic E-state index is 11.1. The molecule has 0 aliphatic rings. The van der Waals surface area contributed by atoms with E-state index in [2.05, 4.69) is 0 Å². The van der Waals surface area contributed by atoms with E-state index in [0.29, 0.717) is 6.04 Å². The van der Waals surface area contributed by atoms with Crippen LogP contribution in [0.4, 0.5) is 0 Å².